The maximum absolute atomic E-state index is 13.5. The molecule has 1 amide bonds. The number of rotatable bonds is 9. The summed E-state index contributed by atoms with van der Waals surface area (Å²) in [5, 5.41) is 13.4. The van der Waals surface area contributed by atoms with Gasteiger partial charge in [-0.1, -0.05) is 48.5 Å². The summed E-state index contributed by atoms with van der Waals surface area (Å²) in [6, 6.07) is 22.4. The van der Waals surface area contributed by atoms with Crippen molar-refractivity contribution in [2.75, 3.05) is 18.0 Å². The minimum Gasteiger partial charge on any atom is -0.481 e. The molecule has 3 N–H and O–H groups in total. The normalized spacial score (nSPS) is 14.4. The number of anilines is 1. The average Bonchev–Trinajstić information content (AvgIpc) is 3.34. The number of aromatic nitrogens is 1. The molecule has 6 nitrogen and oxygen atoms in total. The third-order valence-corrected chi connectivity index (χ3v) is 7.44. The lowest BCUT2D eigenvalue weighted by Crippen LogP contribution is -2.34. The van der Waals surface area contributed by atoms with E-state index in [1.54, 1.807) is 0 Å². The van der Waals surface area contributed by atoms with Crippen LogP contribution in [0.4, 0.5) is 5.69 Å². The van der Waals surface area contributed by atoms with Crippen LogP contribution in [0.2, 0.25) is 0 Å². The summed E-state index contributed by atoms with van der Waals surface area (Å²) in [7, 11) is 0. The molecule has 0 spiro atoms. The van der Waals surface area contributed by atoms with Crippen LogP contribution in [0, 0.1) is 6.92 Å². The number of piperidine rings is 1. The van der Waals surface area contributed by atoms with E-state index >= 15 is 0 Å². The highest BCUT2D eigenvalue weighted by molar-refractivity contribution is 5.87. The number of aromatic amines is 1. The number of H-pyrrole nitrogens is 1. The Hall–Kier alpha value is -4.06. The summed E-state index contributed by atoms with van der Waals surface area (Å²) >= 11 is 0. The molecule has 0 bridgehead atoms. The molecule has 38 heavy (non-hydrogen) atoms. The van der Waals surface area contributed by atoms with Gasteiger partial charge in [-0.25, -0.2) is 0 Å². The van der Waals surface area contributed by atoms with Crippen LogP contribution in [0.15, 0.2) is 72.9 Å². The van der Waals surface area contributed by atoms with E-state index in [-0.39, 0.29) is 24.8 Å². The number of nitrogens with zero attached hydrogens (tertiary/aromatic N) is 1. The summed E-state index contributed by atoms with van der Waals surface area (Å²) < 4.78 is 0. The van der Waals surface area contributed by atoms with Gasteiger partial charge in [0.05, 0.1) is 12.5 Å². The van der Waals surface area contributed by atoms with Crippen LogP contribution >= 0.6 is 0 Å². The SMILES string of the molecule is Cc1ccc(C(NC(=O)Cc2ccc3[nH]cc(CCC(=O)O)c3c2)c2ccccc2)c(N2CCCCC2)c1. The molecule has 6 heteroatoms. The third-order valence-electron chi connectivity index (χ3n) is 7.44. The van der Waals surface area contributed by atoms with Gasteiger partial charge in [0.2, 0.25) is 5.91 Å². The minimum absolute atomic E-state index is 0.0500. The standard InChI is InChI=1S/C32H35N3O3/c1-22-10-13-26(29(18-22)35-16-6-3-7-17-35)32(24-8-4-2-5-9-24)34-30(36)20-23-11-14-28-27(19-23)25(21-33-28)12-15-31(37)38/h2,4-5,8-11,13-14,18-19,21,32-33H,3,6-7,12,15-17,20H2,1H3,(H,34,36)(H,37,38). The number of carbonyl (C=O) groups excluding carboxylic acids is 1. The summed E-state index contributed by atoms with van der Waals surface area (Å²) in [5.74, 6) is -0.868. The van der Waals surface area contributed by atoms with Crippen molar-refractivity contribution in [3.63, 3.8) is 0 Å². The summed E-state index contributed by atoms with van der Waals surface area (Å²) in [5.41, 5.74) is 7.40. The topological polar surface area (TPSA) is 85.4 Å². The molecular weight excluding hydrogens is 474 g/mol. The molecule has 1 aliphatic heterocycles. The van der Waals surface area contributed by atoms with Gasteiger partial charge in [0.25, 0.3) is 0 Å². The molecule has 2 heterocycles. The molecule has 196 valence electrons. The first-order valence-corrected chi connectivity index (χ1v) is 13.5. The quantitative estimate of drug-likeness (QED) is 0.261. The van der Waals surface area contributed by atoms with E-state index in [1.807, 2.05) is 42.6 Å². The number of carboxylic acids is 1. The number of aliphatic carboxylic acids is 1. The second-order valence-electron chi connectivity index (χ2n) is 10.3. The highest BCUT2D eigenvalue weighted by atomic mass is 16.4. The minimum atomic E-state index is -0.818. The van der Waals surface area contributed by atoms with Crippen molar-refractivity contribution >= 4 is 28.5 Å². The number of nitrogens with one attached hydrogen (secondary N) is 2. The summed E-state index contributed by atoms with van der Waals surface area (Å²) in [6.07, 6.45) is 6.27. The monoisotopic (exact) mass is 509 g/mol. The number of benzene rings is 3. The fraction of sp³-hybridized carbons (Fsp3) is 0.312. The zero-order valence-corrected chi connectivity index (χ0v) is 21.9. The zero-order valence-electron chi connectivity index (χ0n) is 21.9. The Bertz CT molecular complexity index is 1420. The number of hydrogen-bond donors (Lipinski definition) is 3. The number of carbonyl (C=O) groups is 2. The Morgan fingerprint density at radius 3 is 2.55 bits per heavy atom. The molecule has 1 aliphatic rings. The second kappa shape index (κ2) is 11.5. The number of aryl methyl sites for hydroxylation is 2. The second-order valence-corrected chi connectivity index (χ2v) is 10.3. The van der Waals surface area contributed by atoms with Gasteiger partial charge >= 0.3 is 5.97 Å². The van der Waals surface area contributed by atoms with Gasteiger partial charge in [0, 0.05) is 47.9 Å². The van der Waals surface area contributed by atoms with Crippen LogP contribution in [0.5, 0.6) is 0 Å². The number of amides is 1. The molecule has 1 aromatic heterocycles. The first-order chi connectivity index (χ1) is 18.5. The van der Waals surface area contributed by atoms with Crippen molar-refractivity contribution in [2.24, 2.45) is 0 Å². The smallest absolute Gasteiger partial charge is 0.303 e. The molecule has 1 saturated heterocycles. The molecule has 1 fully saturated rings. The third kappa shape index (κ3) is 5.91. The Labute approximate surface area is 223 Å². The van der Waals surface area contributed by atoms with E-state index in [4.69, 9.17) is 5.11 Å². The molecular formula is C32H35N3O3. The molecule has 0 aliphatic carbocycles. The summed E-state index contributed by atoms with van der Waals surface area (Å²) in [4.78, 5) is 30.2. The van der Waals surface area contributed by atoms with Crippen molar-refractivity contribution in [1.82, 2.24) is 10.3 Å². The van der Waals surface area contributed by atoms with Crippen LogP contribution in [0.1, 0.15) is 59.5 Å². The van der Waals surface area contributed by atoms with E-state index in [9.17, 15) is 9.59 Å². The molecule has 1 atom stereocenters. The van der Waals surface area contributed by atoms with E-state index in [0.717, 1.165) is 46.2 Å². The van der Waals surface area contributed by atoms with Crippen LogP contribution < -0.4 is 10.2 Å². The highest BCUT2D eigenvalue weighted by Gasteiger charge is 2.24. The lowest BCUT2D eigenvalue weighted by molar-refractivity contribution is -0.137. The predicted octanol–water partition coefficient (Wildman–Crippen LogP) is 5.93. The van der Waals surface area contributed by atoms with Crippen molar-refractivity contribution in [2.45, 2.75) is 51.5 Å². The lowest BCUT2D eigenvalue weighted by Gasteiger charge is -2.33. The molecule has 0 saturated carbocycles. The van der Waals surface area contributed by atoms with Crippen molar-refractivity contribution in [3.8, 4) is 0 Å². The fourth-order valence-electron chi connectivity index (χ4n) is 5.47. The van der Waals surface area contributed by atoms with Crippen molar-refractivity contribution < 1.29 is 14.7 Å². The summed E-state index contributed by atoms with van der Waals surface area (Å²) in [6.45, 7) is 4.19. The van der Waals surface area contributed by atoms with E-state index in [2.05, 4.69) is 52.5 Å². The fourth-order valence-corrected chi connectivity index (χ4v) is 5.47. The van der Waals surface area contributed by atoms with Crippen LogP contribution in [0.25, 0.3) is 10.9 Å². The molecule has 5 rings (SSSR count). The van der Waals surface area contributed by atoms with Gasteiger partial charge < -0.3 is 20.3 Å². The Kier molecular flexibility index (Phi) is 7.78. The molecule has 3 aromatic carbocycles. The largest absolute Gasteiger partial charge is 0.481 e. The maximum Gasteiger partial charge on any atom is 0.303 e. The molecule has 1 unspecified atom stereocenters. The van der Waals surface area contributed by atoms with Gasteiger partial charge in [0.1, 0.15) is 0 Å². The van der Waals surface area contributed by atoms with Crippen LogP contribution in [-0.2, 0) is 22.4 Å². The highest BCUT2D eigenvalue weighted by Crippen LogP contribution is 2.33. The molecule has 0 radical (unpaired) electrons. The molecule has 4 aromatic rings. The van der Waals surface area contributed by atoms with Gasteiger partial charge in [-0.3, -0.25) is 9.59 Å². The van der Waals surface area contributed by atoms with Crippen molar-refractivity contribution in [1.29, 1.82) is 0 Å². The van der Waals surface area contributed by atoms with Crippen LogP contribution in [-0.4, -0.2) is 35.1 Å². The van der Waals surface area contributed by atoms with E-state index in [1.165, 1.54) is 30.5 Å². The van der Waals surface area contributed by atoms with Gasteiger partial charge in [0.15, 0.2) is 0 Å². The van der Waals surface area contributed by atoms with Gasteiger partial charge in [-0.15, -0.1) is 0 Å². The number of fused-ring (bicyclic) bond motifs is 1. The van der Waals surface area contributed by atoms with Gasteiger partial charge in [-0.05, 0) is 73.1 Å². The first kappa shape index (κ1) is 25.6. The van der Waals surface area contributed by atoms with Crippen LogP contribution in [0.3, 0.4) is 0 Å². The average molecular weight is 510 g/mol. The Morgan fingerprint density at radius 1 is 1.00 bits per heavy atom. The predicted molar refractivity (Wildman–Crippen MR) is 152 cm³/mol. The first-order valence-electron chi connectivity index (χ1n) is 13.5. The van der Waals surface area contributed by atoms with Gasteiger partial charge in [-0.2, -0.15) is 0 Å². The van der Waals surface area contributed by atoms with E-state index < -0.39 is 5.97 Å². The number of hydrogen-bond acceptors (Lipinski definition) is 3. The maximum atomic E-state index is 13.5. The van der Waals surface area contributed by atoms with Crippen molar-refractivity contribution in [3.05, 3.63) is 101 Å². The number of carboxylic acid groups (broad SMARTS) is 1. The lowest BCUT2D eigenvalue weighted by atomic mass is 9.94. The van der Waals surface area contributed by atoms with E-state index in [0.29, 0.717) is 6.42 Å². The Balaban J connectivity index is 1.42. The Morgan fingerprint density at radius 2 is 1.79 bits per heavy atom. The zero-order chi connectivity index (χ0) is 26.5.